The number of nitrogen functional groups attached to an aromatic ring is 1. The number of halogens is 1. The Morgan fingerprint density at radius 1 is 1.40 bits per heavy atom. The number of hydrogen-bond donors (Lipinski definition) is 2. The summed E-state index contributed by atoms with van der Waals surface area (Å²) in [6, 6.07) is 7.45. The van der Waals surface area contributed by atoms with Gasteiger partial charge in [0.05, 0.1) is 16.5 Å². The average molecular weight is 310 g/mol. The molecule has 1 heterocycles. The normalized spacial score (nSPS) is 10.5. The first kappa shape index (κ1) is 14.6. The fourth-order valence-electron chi connectivity index (χ4n) is 1.69. The molecule has 3 N–H and O–H groups in total. The number of nitrogens with zero attached hydrogens (tertiary/aromatic N) is 2. The van der Waals surface area contributed by atoms with Crippen LogP contribution in [0.25, 0.3) is 0 Å². The Morgan fingerprint density at radius 3 is 2.70 bits per heavy atom. The highest BCUT2D eigenvalue weighted by Gasteiger charge is 2.15. The summed E-state index contributed by atoms with van der Waals surface area (Å²) < 4.78 is 0. The highest BCUT2D eigenvalue weighted by Crippen LogP contribution is 2.29. The Hall–Kier alpha value is -1.79. The van der Waals surface area contributed by atoms with Gasteiger partial charge >= 0.3 is 5.97 Å². The quantitative estimate of drug-likeness (QED) is 0.844. The van der Waals surface area contributed by atoms with Gasteiger partial charge in [0.2, 0.25) is 0 Å². The van der Waals surface area contributed by atoms with Crippen LogP contribution >= 0.6 is 23.4 Å². The summed E-state index contributed by atoms with van der Waals surface area (Å²) >= 11 is 7.53. The highest BCUT2D eigenvalue weighted by molar-refractivity contribution is 7.98. The number of benzene rings is 1. The lowest BCUT2D eigenvalue weighted by molar-refractivity contribution is 0.0696. The van der Waals surface area contributed by atoms with Crippen LogP contribution in [-0.2, 0) is 5.75 Å². The smallest absolute Gasteiger partial charge is 0.341 e. The summed E-state index contributed by atoms with van der Waals surface area (Å²) in [5.41, 5.74) is 5.97. The molecule has 1 aromatic heterocycles. The van der Waals surface area contributed by atoms with Crippen molar-refractivity contribution in [3.8, 4) is 0 Å². The Labute approximate surface area is 125 Å². The standard InChI is InChI=1S/C13H12ClN3O2S/c1-7-11(13(18)19)12(15)17-10(16-7)6-20-9-5-3-2-4-8(9)14/h2-5H,6H2,1H3,(H,18,19)(H2,15,16,17). The topological polar surface area (TPSA) is 89.1 Å². The van der Waals surface area contributed by atoms with Crippen molar-refractivity contribution in [2.24, 2.45) is 0 Å². The molecule has 0 spiro atoms. The lowest BCUT2D eigenvalue weighted by Gasteiger charge is -2.07. The maximum absolute atomic E-state index is 11.0. The largest absolute Gasteiger partial charge is 0.477 e. The molecule has 0 amide bonds. The van der Waals surface area contributed by atoms with Crippen LogP contribution in [0.2, 0.25) is 5.02 Å². The lowest BCUT2D eigenvalue weighted by Crippen LogP contribution is -2.11. The molecule has 2 aromatic rings. The van der Waals surface area contributed by atoms with Crippen LogP contribution in [0, 0.1) is 6.92 Å². The van der Waals surface area contributed by atoms with Crippen molar-refractivity contribution in [2.75, 3.05) is 5.73 Å². The monoisotopic (exact) mass is 309 g/mol. The summed E-state index contributed by atoms with van der Waals surface area (Å²) in [6.07, 6.45) is 0. The van der Waals surface area contributed by atoms with Gasteiger partial charge in [0.25, 0.3) is 0 Å². The molecule has 0 aliphatic heterocycles. The number of aromatic carboxylic acids is 1. The second kappa shape index (κ2) is 6.11. The van der Waals surface area contributed by atoms with E-state index < -0.39 is 5.97 Å². The summed E-state index contributed by atoms with van der Waals surface area (Å²) in [5, 5.41) is 9.66. The third-order valence-electron chi connectivity index (χ3n) is 2.57. The van der Waals surface area contributed by atoms with Crippen LogP contribution in [0.1, 0.15) is 21.9 Å². The van der Waals surface area contributed by atoms with Gasteiger partial charge in [-0.1, -0.05) is 23.7 Å². The van der Waals surface area contributed by atoms with E-state index in [1.54, 1.807) is 13.0 Å². The molecule has 0 aliphatic carbocycles. The molecular weight excluding hydrogens is 298 g/mol. The van der Waals surface area contributed by atoms with Gasteiger partial charge < -0.3 is 10.8 Å². The number of carboxylic acids is 1. The molecule has 20 heavy (non-hydrogen) atoms. The van der Waals surface area contributed by atoms with Crippen LogP contribution in [-0.4, -0.2) is 21.0 Å². The number of carbonyl (C=O) groups is 1. The molecule has 0 bridgehead atoms. The summed E-state index contributed by atoms with van der Waals surface area (Å²) in [7, 11) is 0. The zero-order valence-corrected chi connectivity index (χ0v) is 12.2. The molecule has 0 unspecified atom stereocenters. The number of nitrogens with two attached hydrogens (primary N) is 1. The van der Waals surface area contributed by atoms with E-state index in [-0.39, 0.29) is 11.4 Å². The molecule has 2 rings (SSSR count). The van der Waals surface area contributed by atoms with Gasteiger partial charge in [-0.25, -0.2) is 14.8 Å². The Morgan fingerprint density at radius 2 is 2.10 bits per heavy atom. The van der Waals surface area contributed by atoms with Crippen molar-refractivity contribution < 1.29 is 9.90 Å². The van der Waals surface area contributed by atoms with Crippen molar-refractivity contribution in [1.29, 1.82) is 0 Å². The zero-order chi connectivity index (χ0) is 14.7. The van der Waals surface area contributed by atoms with Crippen LogP contribution in [0.4, 0.5) is 5.82 Å². The molecule has 1 aromatic carbocycles. The minimum absolute atomic E-state index is 0.0141. The number of thioether (sulfide) groups is 1. The number of carboxylic acid groups (broad SMARTS) is 1. The Bertz CT molecular complexity index is 641. The number of aryl methyl sites for hydroxylation is 1. The summed E-state index contributed by atoms with van der Waals surface area (Å²) in [5.74, 6) is -0.186. The molecule has 0 saturated carbocycles. The second-order valence-electron chi connectivity index (χ2n) is 4.01. The van der Waals surface area contributed by atoms with E-state index in [0.717, 1.165) is 4.90 Å². The van der Waals surface area contributed by atoms with E-state index in [1.165, 1.54) is 11.8 Å². The highest BCUT2D eigenvalue weighted by atomic mass is 35.5. The zero-order valence-electron chi connectivity index (χ0n) is 10.6. The number of aromatic nitrogens is 2. The molecule has 5 nitrogen and oxygen atoms in total. The fourth-order valence-corrected chi connectivity index (χ4v) is 2.78. The van der Waals surface area contributed by atoms with Crippen LogP contribution in [0.5, 0.6) is 0 Å². The predicted molar refractivity (Wildman–Crippen MR) is 79.2 cm³/mol. The molecule has 0 atom stereocenters. The van der Waals surface area contributed by atoms with Crippen molar-refractivity contribution in [3.05, 3.63) is 46.4 Å². The van der Waals surface area contributed by atoms with Gasteiger partial charge in [-0.05, 0) is 19.1 Å². The maximum Gasteiger partial charge on any atom is 0.341 e. The van der Waals surface area contributed by atoms with Gasteiger partial charge in [0, 0.05) is 4.90 Å². The molecule has 0 saturated heterocycles. The van der Waals surface area contributed by atoms with Crippen LogP contribution in [0.3, 0.4) is 0 Å². The van der Waals surface area contributed by atoms with Crippen LogP contribution < -0.4 is 5.73 Å². The molecule has 0 radical (unpaired) electrons. The van der Waals surface area contributed by atoms with Gasteiger partial charge in [-0.15, -0.1) is 11.8 Å². The van der Waals surface area contributed by atoms with Gasteiger partial charge in [0.15, 0.2) is 0 Å². The third-order valence-corrected chi connectivity index (χ3v) is 4.08. The minimum atomic E-state index is -1.12. The van der Waals surface area contributed by atoms with Crippen molar-refractivity contribution in [1.82, 2.24) is 9.97 Å². The second-order valence-corrected chi connectivity index (χ2v) is 5.43. The van der Waals surface area contributed by atoms with E-state index in [1.807, 2.05) is 18.2 Å². The van der Waals surface area contributed by atoms with E-state index >= 15 is 0 Å². The number of rotatable bonds is 4. The first-order chi connectivity index (χ1) is 9.49. The molecule has 7 heteroatoms. The molecule has 104 valence electrons. The molecular formula is C13H12ClN3O2S. The molecule has 0 fully saturated rings. The van der Waals surface area contributed by atoms with Crippen LogP contribution in [0.15, 0.2) is 29.2 Å². The van der Waals surface area contributed by atoms with Crippen molar-refractivity contribution in [2.45, 2.75) is 17.6 Å². The van der Waals surface area contributed by atoms with E-state index in [4.69, 9.17) is 22.4 Å². The fraction of sp³-hybridized carbons (Fsp3) is 0.154. The van der Waals surface area contributed by atoms with E-state index in [2.05, 4.69) is 9.97 Å². The maximum atomic E-state index is 11.0. The first-order valence-corrected chi connectivity index (χ1v) is 7.09. The Balaban J connectivity index is 2.19. The van der Waals surface area contributed by atoms with Gasteiger partial charge in [-0.2, -0.15) is 0 Å². The minimum Gasteiger partial charge on any atom is -0.477 e. The van der Waals surface area contributed by atoms with E-state index in [0.29, 0.717) is 22.3 Å². The number of anilines is 1. The number of hydrogen-bond acceptors (Lipinski definition) is 5. The van der Waals surface area contributed by atoms with Crippen molar-refractivity contribution >= 4 is 35.1 Å². The Kier molecular flexibility index (Phi) is 4.46. The van der Waals surface area contributed by atoms with Crippen molar-refractivity contribution in [3.63, 3.8) is 0 Å². The third kappa shape index (κ3) is 3.20. The lowest BCUT2D eigenvalue weighted by atomic mass is 10.2. The summed E-state index contributed by atoms with van der Waals surface area (Å²) in [4.78, 5) is 20.1. The van der Waals surface area contributed by atoms with Gasteiger partial charge in [-0.3, -0.25) is 0 Å². The predicted octanol–water partition coefficient (Wildman–Crippen LogP) is 3.01. The average Bonchev–Trinajstić information content (AvgIpc) is 2.36. The van der Waals surface area contributed by atoms with Gasteiger partial charge in [0.1, 0.15) is 17.2 Å². The first-order valence-electron chi connectivity index (χ1n) is 5.72. The van der Waals surface area contributed by atoms with E-state index in [9.17, 15) is 4.79 Å². The SMILES string of the molecule is Cc1nc(CSc2ccccc2Cl)nc(N)c1C(=O)O. The molecule has 0 aliphatic rings. The summed E-state index contributed by atoms with van der Waals surface area (Å²) in [6.45, 7) is 1.60.